The molecule has 164 valence electrons. The normalized spacial score (nSPS) is 21.9. The van der Waals surface area contributed by atoms with Gasteiger partial charge in [-0.25, -0.2) is 8.78 Å². The van der Waals surface area contributed by atoms with E-state index in [0.29, 0.717) is 32.0 Å². The fourth-order valence-electron chi connectivity index (χ4n) is 3.59. The van der Waals surface area contributed by atoms with Crippen LogP contribution in [0.25, 0.3) is 0 Å². The number of benzene rings is 1. The Kier molecular flexibility index (Phi) is 10.4. The molecule has 0 spiro atoms. The van der Waals surface area contributed by atoms with Crippen molar-refractivity contribution in [3.8, 4) is 0 Å². The van der Waals surface area contributed by atoms with Gasteiger partial charge in [0.1, 0.15) is 11.6 Å². The summed E-state index contributed by atoms with van der Waals surface area (Å²) in [5, 5.41) is 6.66. The predicted octanol–water partition coefficient (Wildman–Crippen LogP) is 2.91. The van der Waals surface area contributed by atoms with Crippen molar-refractivity contribution >= 4 is 35.6 Å². The highest BCUT2D eigenvalue weighted by molar-refractivity contribution is 14.0. The minimum absolute atomic E-state index is 0. The van der Waals surface area contributed by atoms with Crippen LogP contribution in [0.3, 0.4) is 0 Å². The first-order valence-electron chi connectivity index (χ1n) is 10.0. The standard InChI is InChI=1S/C20H30F2N4O2.HI/c1-23-20(24-8-3-10-27-14-17-4-2-11-28-17)25-16-7-9-26(13-16)19-6-5-15(21)12-18(19)22;/h5-6,12,16-17H,2-4,7-11,13-14H2,1H3,(H2,23,24,25);1H. The summed E-state index contributed by atoms with van der Waals surface area (Å²) in [7, 11) is 1.73. The smallest absolute Gasteiger partial charge is 0.191 e. The monoisotopic (exact) mass is 524 g/mol. The lowest BCUT2D eigenvalue weighted by molar-refractivity contribution is 0.0168. The van der Waals surface area contributed by atoms with Crippen LogP contribution in [0.15, 0.2) is 23.2 Å². The van der Waals surface area contributed by atoms with Crippen molar-refractivity contribution in [1.29, 1.82) is 0 Å². The second-order valence-electron chi connectivity index (χ2n) is 7.23. The van der Waals surface area contributed by atoms with Crippen LogP contribution in [-0.2, 0) is 9.47 Å². The molecule has 2 unspecified atom stereocenters. The van der Waals surface area contributed by atoms with Crippen LogP contribution in [0.1, 0.15) is 25.7 Å². The summed E-state index contributed by atoms with van der Waals surface area (Å²) >= 11 is 0. The van der Waals surface area contributed by atoms with Crippen molar-refractivity contribution in [2.24, 2.45) is 4.99 Å². The lowest BCUT2D eigenvalue weighted by Crippen LogP contribution is -2.45. The van der Waals surface area contributed by atoms with E-state index in [2.05, 4.69) is 15.6 Å². The van der Waals surface area contributed by atoms with Gasteiger partial charge in [-0.15, -0.1) is 24.0 Å². The average Bonchev–Trinajstić information content (AvgIpc) is 3.35. The molecule has 9 heteroatoms. The molecule has 2 saturated heterocycles. The number of ether oxygens (including phenoxy) is 2. The van der Waals surface area contributed by atoms with Gasteiger partial charge in [-0.05, 0) is 37.8 Å². The third-order valence-electron chi connectivity index (χ3n) is 5.09. The van der Waals surface area contributed by atoms with Gasteiger partial charge in [0.2, 0.25) is 0 Å². The van der Waals surface area contributed by atoms with Gasteiger partial charge in [0, 0.05) is 52.0 Å². The van der Waals surface area contributed by atoms with Gasteiger partial charge in [-0.3, -0.25) is 4.99 Å². The molecular formula is C20H31F2IN4O2. The minimum atomic E-state index is -0.556. The SMILES string of the molecule is CN=C(NCCCOCC1CCCO1)NC1CCN(c2ccc(F)cc2F)C1.I. The predicted molar refractivity (Wildman–Crippen MR) is 121 cm³/mol. The first-order valence-corrected chi connectivity index (χ1v) is 10.0. The quantitative estimate of drug-likeness (QED) is 0.237. The van der Waals surface area contributed by atoms with Crippen molar-refractivity contribution in [1.82, 2.24) is 10.6 Å². The number of aliphatic imine (C=N–C) groups is 1. The second kappa shape index (κ2) is 12.5. The zero-order valence-corrected chi connectivity index (χ0v) is 19.2. The van der Waals surface area contributed by atoms with Gasteiger partial charge in [0.05, 0.1) is 18.4 Å². The molecule has 0 aromatic heterocycles. The molecule has 1 aromatic rings. The van der Waals surface area contributed by atoms with E-state index in [-0.39, 0.29) is 36.1 Å². The maximum absolute atomic E-state index is 14.0. The number of halogens is 3. The molecule has 2 atom stereocenters. The molecule has 2 aliphatic heterocycles. The lowest BCUT2D eigenvalue weighted by atomic mass is 10.2. The van der Waals surface area contributed by atoms with Gasteiger partial charge < -0.3 is 25.0 Å². The highest BCUT2D eigenvalue weighted by atomic mass is 127. The third kappa shape index (κ3) is 7.53. The Hall–Kier alpha value is -1.20. The summed E-state index contributed by atoms with van der Waals surface area (Å²) in [6.07, 6.45) is 4.23. The Morgan fingerprint density at radius 1 is 1.34 bits per heavy atom. The van der Waals surface area contributed by atoms with Crippen LogP contribution >= 0.6 is 24.0 Å². The second-order valence-corrected chi connectivity index (χ2v) is 7.23. The number of nitrogens with one attached hydrogen (secondary N) is 2. The molecule has 0 aliphatic carbocycles. The van der Waals surface area contributed by atoms with E-state index < -0.39 is 11.6 Å². The van der Waals surface area contributed by atoms with Crippen molar-refractivity contribution < 1.29 is 18.3 Å². The molecule has 29 heavy (non-hydrogen) atoms. The molecule has 0 amide bonds. The van der Waals surface area contributed by atoms with Gasteiger partial charge in [-0.1, -0.05) is 0 Å². The van der Waals surface area contributed by atoms with Crippen LogP contribution in [0, 0.1) is 11.6 Å². The van der Waals surface area contributed by atoms with E-state index in [1.807, 2.05) is 4.90 Å². The summed E-state index contributed by atoms with van der Waals surface area (Å²) in [5.74, 6) is -0.351. The lowest BCUT2D eigenvalue weighted by Gasteiger charge is -2.21. The maximum atomic E-state index is 14.0. The summed E-state index contributed by atoms with van der Waals surface area (Å²) in [6, 6.07) is 3.88. The van der Waals surface area contributed by atoms with Crippen LogP contribution in [0.5, 0.6) is 0 Å². The van der Waals surface area contributed by atoms with Gasteiger partial charge in [0.25, 0.3) is 0 Å². The van der Waals surface area contributed by atoms with Crippen LogP contribution in [0.4, 0.5) is 14.5 Å². The van der Waals surface area contributed by atoms with E-state index in [0.717, 1.165) is 50.9 Å². The Morgan fingerprint density at radius 2 is 2.21 bits per heavy atom. The molecule has 2 N–H and O–H groups in total. The molecule has 2 heterocycles. The van der Waals surface area contributed by atoms with Crippen molar-refractivity contribution in [2.75, 3.05) is 51.4 Å². The molecule has 0 saturated carbocycles. The highest BCUT2D eigenvalue weighted by Gasteiger charge is 2.25. The van der Waals surface area contributed by atoms with Crippen LogP contribution in [-0.4, -0.2) is 64.6 Å². The van der Waals surface area contributed by atoms with Crippen molar-refractivity contribution in [2.45, 2.75) is 37.8 Å². The zero-order valence-electron chi connectivity index (χ0n) is 16.8. The summed E-state index contributed by atoms with van der Waals surface area (Å²) in [4.78, 5) is 6.18. The average molecular weight is 524 g/mol. The van der Waals surface area contributed by atoms with E-state index >= 15 is 0 Å². The zero-order chi connectivity index (χ0) is 19.8. The fraction of sp³-hybridized carbons (Fsp3) is 0.650. The van der Waals surface area contributed by atoms with Gasteiger partial charge >= 0.3 is 0 Å². The largest absolute Gasteiger partial charge is 0.379 e. The molecular weight excluding hydrogens is 493 g/mol. The number of hydrogen-bond acceptors (Lipinski definition) is 4. The Morgan fingerprint density at radius 3 is 2.93 bits per heavy atom. The first-order chi connectivity index (χ1) is 13.7. The van der Waals surface area contributed by atoms with E-state index in [9.17, 15) is 8.78 Å². The molecule has 0 bridgehead atoms. The highest BCUT2D eigenvalue weighted by Crippen LogP contribution is 2.24. The topological polar surface area (TPSA) is 58.1 Å². The Labute approximate surface area is 188 Å². The van der Waals surface area contributed by atoms with E-state index in [4.69, 9.17) is 9.47 Å². The minimum Gasteiger partial charge on any atom is -0.379 e. The number of rotatable bonds is 8. The molecule has 3 rings (SSSR count). The number of guanidine groups is 1. The Balaban J connectivity index is 0.00000300. The first kappa shape index (κ1) is 24.1. The molecule has 0 radical (unpaired) electrons. The number of anilines is 1. The molecule has 2 aliphatic rings. The molecule has 6 nitrogen and oxygen atoms in total. The summed E-state index contributed by atoms with van der Waals surface area (Å²) in [6.45, 7) is 4.33. The third-order valence-corrected chi connectivity index (χ3v) is 5.09. The molecule has 2 fully saturated rings. The maximum Gasteiger partial charge on any atom is 0.191 e. The van der Waals surface area contributed by atoms with Crippen molar-refractivity contribution in [3.63, 3.8) is 0 Å². The Bertz CT molecular complexity index is 659. The summed E-state index contributed by atoms with van der Waals surface area (Å²) < 4.78 is 38.2. The van der Waals surface area contributed by atoms with Crippen LogP contribution in [0.2, 0.25) is 0 Å². The van der Waals surface area contributed by atoms with Crippen LogP contribution < -0.4 is 15.5 Å². The number of hydrogen-bond donors (Lipinski definition) is 2. The van der Waals surface area contributed by atoms with Gasteiger partial charge in [-0.2, -0.15) is 0 Å². The van der Waals surface area contributed by atoms with Crippen molar-refractivity contribution in [3.05, 3.63) is 29.8 Å². The van der Waals surface area contributed by atoms with E-state index in [1.165, 1.54) is 12.1 Å². The summed E-state index contributed by atoms with van der Waals surface area (Å²) in [5.41, 5.74) is 0.442. The molecule has 1 aromatic carbocycles. The van der Waals surface area contributed by atoms with E-state index in [1.54, 1.807) is 7.05 Å². The fourth-order valence-corrected chi connectivity index (χ4v) is 3.59. The number of nitrogens with zero attached hydrogens (tertiary/aromatic N) is 2. The van der Waals surface area contributed by atoms with Gasteiger partial charge in [0.15, 0.2) is 5.96 Å².